The molecule has 0 spiro atoms. The Hall–Kier alpha value is -1.30. The van der Waals surface area contributed by atoms with Crippen molar-refractivity contribution in [3.8, 4) is 0 Å². The number of nitrogens with two attached hydrogens (primary N) is 1. The third kappa shape index (κ3) is 2.08. The Kier molecular flexibility index (Phi) is 2.27. The maximum Gasteiger partial charge on any atom is 0.313 e. The Bertz CT molecular complexity index is 232. The van der Waals surface area contributed by atoms with Crippen molar-refractivity contribution in [3.05, 3.63) is 18.1 Å². The molecular formula is C5H6F2N4. The average Bonchev–Trinajstić information content (AvgIpc) is 1.85. The lowest BCUT2D eigenvalue weighted by Crippen LogP contribution is -2.13. The van der Waals surface area contributed by atoms with Crippen molar-refractivity contribution in [1.82, 2.24) is 9.97 Å². The van der Waals surface area contributed by atoms with Crippen molar-refractivity contribution in [3.63, 3.8) is 0 Å². The van der Waals surface area contributed by atoms with Gasteiger partial charge in [-0.1, -0.05) is 0 Å². The second-order valence-electron chi connectivity index (χ2n) is 1.73. The predicted octanol–water partition coefficient (Wildman–Crippen LogP) is 0.0829. The van der Waals surface area contributed by atoms with E-state index in [9.17, 15) is 8.78 Å². The molecule has 0 saturated carbocycles. The molecule has 1 aromatic rings. The van der Waals surface area contributed by atoms with Gasteiger partial charge in [0.1, 0.15) is 5.82 Å². The zero-order valence-electron chi connectivity index (χ0n) is 5.51. The summed E-state index contributed by atoms with van der Waals surface area (Å²) in [5, 5.41) is 2.44. The van der Waals surface area contributed by atoms with Crippen molar-refractivity contribution < 1.29 is 8.78 Å². The van der Waals surface area contributed by atoms with Gasteiger partial charge in [0.25, 0.3) is 0 Å². The number of hydrogen-bond acceptors (Lipinski definition) is 4. The van der Waals surface area contributed by atoms with Crippen molar-refractivity contribution >= 4 is 5.82 Å². The van der Waals surface area contributed by atoms with Gasteiger partial charge in [-0.25, -0.2) is 0 Å². The molecule has 3 N–H and O–H groups in total. The summed E-state index contributed by atoms with van der Waals surface area (Å²) in [7, 11) is 0. The minimum absolute atomic E-state index is 0.0394. The molecule has 0 fully saturated rings. The van der Waals surface area contributed by atoms with Crippen LogP contribution in [0.5, 0.6) is 0 Å². The fourth-order valence-electron chi connectivity index (χ4n) is 0.585. The summed E-state index contributed by atoms with van der Waals surface area (Å²) in [6.45, 7) is 0.0654. The first-order chi connectivity index (χ1) is 5.22. The van der Waals surface area contributed by atoms with Crippen LogP contribution in [0.25, 0.3) is 0 Å². The molecule has 0 aliphatic heterocycles. The lowest BCUT2D eigenvalue weighted by Gasteiger charge is -1.99. The average molecular weight is 160 g/mol. The molecule has 6 heteroatoms. The van der Waals surface area contributed by atoms with Crippen molar-refractivity contribution in [2.45, 2.75) is 0 Å². The molecule has 0 unspecified atom stereocenters. The van der Waals surface area contributed by atoms with Gasteiger partial charge in [0.05, 0.1) is 6.67 Å². The van der Waals surface area contributed by atoms with Crippen LogP contribution in [-0.4, -0.2) is 16.6 Å². The molecule has 4 nitrogen and oxygen atoms in total. The normalized spacial score (nSPS) is 9.73. The number of hydrogen-bond donors (Lipinski definition) is 2. The van der Waals surface area contributed by atoms with Gasteiger partial charge in [-0.15, -0.1) is 0 Å². The van der Waals surface area contributed by atoms with Crippen molar-refractivity contribution in [1.29, 1.82) is 0 Å². The van der Waals surface area contributed by atoms with E-state index in [0.717, 1.165) is 6.07 Å². The maximum absolute atomic E-state index is 12.3. The fraction of sp³-hybridized carbons (Fsp3) is 0.200. The van der Waals surface area contributed by atoms with Crippen LogP contribution in [0, 0.1) is 12.0 Å². The van der Waals surface area contributed by atoms with Gasteiger partial charge >= 0.3 is 6.08 Å². The molecule has 1 rings (SSSR count). The first-order valence-corrected chi connectivity index (χ1v) is 2.86. The number of aromatic nitrogens is 2. The van der Waals surface area contributed by atoms with E-state index >= 15 is 0 Å². The van der Waals surface area contributed by atoms with Gasteiger partial charge in [-0.2, -0.15) is 18.7 Å². The molecule has 60 valence electrons. The van der Waals surface area contributed by atoms with Crippen LogP contribution in [-0.2, 0) is 0 Å². The topological polar surface area (TPSA) is 63.8 Å². The van der Waals surface area contributed by atoms with Crippen LogP contribution in [0.1, 0.15) is 0 Å². The van der Waals surface area contributed by atoms with Gasteiger partial charge in [0, 0.05) is 6.07 Å². The van der Waals surface area contributed by atoms with Crippen LogP contribution in [0.15, 0.2) is 6.07 Å². The smallest absolute Gasteiger partial charge is 0.313 e. The van der Waals surface area contributed by atoms with Crippen LogP contribution in [0.2, 0.25) is 0 Å². The first-order valence-electron chi connectivity index (χ1n) is 2.86. The highest BCUT2D eigenvalue weighted by atomic mass is 19.1. The largest absolute Gasteiger partial charge is 0.357 e. The SMILES string of the molecule is NCNc1cc(F)nc(F)n1. The first kappa shape index (κ1) is 7.80. The molecule has 0 aromatic carbocycles. The Morgan fingerprint density at radius 1 is 1.45 bits per heavy atom. The second-order valence-corrected chi connectivity index (χ2v) is 1.73. The Morgan fingerprint density at radius 3 is 2.73 bits per heavy atom. The Labute approximate surface area is 61.5 Å². The lowest BCUT2D eigenvalue weighted by atomic mass is 10.6. The van der Waals surface area contributed by atoms with Crippen LogP contribution in [0.4, 0.5) is 14.6 Å². The summed E-state index contributed by atoms with van der Waals surface area (Å²) in [6.07, 6.45) is -1.11. The quantitative estimate of drug-likeness (QED) is 0.365. The summed E-state index contributed by atoms with van der Waals surface area (Å²) in [6, 6.07) is 0.954. The van der Waals surface area contributed by atoms with Crippen LogP contribution < -0.4 is 11.1 Å². The molecule has 11 heavy (non-hydrogen) atoms. The van der Waals surface area contributed by atoms with Crippen molar-refractivity contribution in [2.75, 3.05) is 12.0 Å². The summed E-state index contributed by atoms with van der Waals surface area (Å²) >= 11 is 0. The highest BCUT2D eigenvalue weighted by Crippen LogP contribution is 2.03. The third-order valence-corrected chi connectivity index (χ3v) is 0.951. The molecule has 0 atom stereocenters. The van der Waals surface area contributed by atoms with Crippen molar-refractivity contribution in [2.24, 2.45) is 5.73 Å². The number of rotatable bonds is 2. The molecule has 0 saturated heterocycles. The Morgan fingerprint density at radius 2 is 2.18 bits per heavy atom. The summed E-state index contributed by atoms with van der Waals surface area (Å²) < 4.78 is 24.5. The number of anilines is 1. The van der Waals surface area contributed by atoms with Crippen LogP contribution in [0.3, 0.4) is 0 Å². The molecule has 0 radical (unpaired) electrons. The summed E-state index contributed by atoms with van der Waals surface area (Å²) in [5.41, 5.74) is 5.04. The van der Waals surface area contributed by atoms with E-state index in [1.165, 1.54) is 0 Å². The zero-order valence-corrected chi connectivity index (χ0v) is 5.51. The van der Waals surface area contributed by atoms with E-state index in [1.54, 1.807) is 0 Å². The minimum Gasteiger partial charge on any atom is -0.357 e. The summed E-state index contributed by atoms with van der Waals surface area (Å²) in [5.74, 6) is -0.883. The van der Waals surface area contributed by atoms with E-state index in [-0.39, 0.29) is 12.5 Å². The fourth-order valence-corrected chi connectivity index (χ4v) is 0.585. The standard InChI is InChI=1S/C5H6F2N4/c6-3-1-4(9-2-8)11-5(7)10-3/h1H,2,8H2,(H,9,10,11). The molecule has 0 bridgehead atoms. The van der Waals surface area contributed by atoms with E-state index in [0.29, 0.717) is 0 Å². The van der Waals surface area contributed by atoms with Gasteiger partial charge in [-0.05, 0) is 0 Å². The lowest BCUT2D eigenvalue weighted by molar-refractivity contribution is 0.484. The van der Waals surface area contributed by atoms with E-state index < -0.39 is 12.0 Å². The molecular weight excluding hydrogens is 154 g/mol. The zero-order chi connectivity index (χ0) is 8.27. The van der Waals surface area contributed by atoms with Gasteiger partial charge < -0.3 is 11.1 Å². The number of nitrogens with zero attached hydrogens (tertiary/aromatic N) is 2. The molecule has 0 aliphatic carbocycles. The monoisotopic (exact) mass is 160 g/mol. The molecule has 1 heterocycles. The molecule has 1 aromatic heterocycles. The molecule has 0 amide bonds. The molecule has 0 aliphatic rings. The van der Waals surface area contributed by atoms with E-state index in [1.807, 2.05) is 0 Å². The number of halogens is 2. The maximum atomic E-state index is 12.3. The van der Waals surface area contributed by atoms with Gasteiger partial charge in [0.2, 0.25) is 5.95 Å². The summed E-state index contributed by atoms with van der Waals surface area (Å²) in [4.78, 5) is 6.01. The van der Waals surface area contributed by atoms with E-state index in [4.69, 9.17) is 5.73 Å². The van der Waals surface area contributed by atoms with E-state index in [2.05, 4.69) is 15.3 Å². The third-order valence-electron chi connectivity index (χ3n) is 0.951. The van der Waals surface area contributed by atoms with Crippen LogP contribution >= 0.6 is 0 Å². The van der Waals surface area contributed by atoms with Gasteiger partial charge in [-0.3, -0.25) is 0 Å². The minimum atomic E-state index is -1.11. The highest BCUT2D eigenvalue weighted by Gasteiger charge is 2.00. The highest BCUT2D eigenvalue weighted by molar-refractivity contribution is 5.31. The predicted molar refractivity (Wildman–Crippen MR) is 34.6 cm³/mol. The van der Waals surface area contributed by atoms with Gasteiger partial charge in [0.15, 0.2) is 0 Å². The number of nitrogens with one attached hydrogen (secondary N) is 1. The Balaban J connectivity index is 2.89. The second kappa shape index (κ2) is 3.20.